The Morgan fingerprint density at radius 3 is 2.60 bits per heavy atom. The van der Waals surface area contributed by atoms with Crippen molar-refractivity contribution >= 4 is 17.3 Å². The van der Waals surface area contributed by atoms with Crippen molar-refractivity contribution in [2.24, 2.45) is 0 Å². The zero-order chi connectivity index (χ0) is 11.6. The number of aryl methyl sites for hydroxylation is 1. The quantitative estimate of drug-likeness (QED) is 0.545. The number of alkyl halides is 1. The number of aliphatic hydroxyl groups excluding tert-OH is 2. The van der Waals surface area contributed by atoms with Gasteiger partial charge in [0.2, 0.25) is 0 Å². The van der Waals surface area contributed by atoms with Gasteiger partial charge in [0.05, 0.1) is 12.0 Å². The van der Waals surface area contributed by atoms with E-state index in [9.17, 15) is 14.6 Å². The van der Waals surface area contributed by atoms with E-state index < -0.39 is 18.0 Å². The molecule has 1 aromatic carbocycles. The van der Waals surface area contributed by atoms with Gasteiger partial charge in [-0.2, -0.15) is 0 Å². The number of rotatable bonds is 3. The lowest BCUT2D eigenvalue weighted by Gasteiger charge is -2.17. The molecular weight excluding hydrogens is 221 g/mol. The van der Waals surface area contributed by atoms with E-state index in [1.165, 1.54) is 6.07 Å². The van der Waals surface area contributed by atoms with Crippen molar-refractivity contribution < 1.29 is 14.6 Å². The number of halogens is 2. The molecule has 0 radical (unpaired) electrons. The molecule has 1 aromatic rings. The van der Waals surface area contributed by atoms with Crippen LogP contribution in [0.2, 0.25) is 0 Å². The lowest BCUT2D eigenvalue weighted by molar-refractivity contribution is 0.0304. The van der Waals surface area contributed by atoms with Crippen LogP contribution >= 0.6 is 11.6 Å². The van der Waals surface area contributed by atoms with Gasteiger partial charge in [-0.1, -0.05) is 0 Å². The van der Waals surface area contributed by atoms with E-state index in [4.69, 9.17) is 17.3 Å². The monoisotopic (exact) mass is 233 g/mol. The van der Waals surface area contributed by atoms with Gasteiger partial charge in [0.15, 0.2) is 0 Å². The number of nitrogen functional groups attached to an aromatic ring is 1. The number of nitrogens with two attached hydrogens (primary N) is 1. The van der Waals surface area contributed by atoms with E-state index >= 15 is 0 Å². The molecule has 0 amide bonds. The van der Waals surface area contributed by atoms with Crippen LogP contribution in [0.3, 0.4) is 0 Å². The molecule has 15 heavy (non-hydrogen) atoms. The summed E-state index contributed by atoms with van der Waals surface area (Å²) in [5.41, 5.74) is 6.45. The molecule has 0 saturated heterocycles. The third-order valence-corrected chi connectivity index (χ3v) is 2.54. The molecule has 2 unspecified atom stereocenters. The minimum atomic E-state index is -1.33. The summed E-state index contributed by atoms with van der Waals surface area (Å²) in [6, 6.07) is 2.53. The third-order valence-electron chi connectivity index (χ3n) is 2.23. The Bertz CT molecular complexity index is 360. The van der Waals surface area contributed by atoms with Gasteiger partial charge in [0.25, 0.3) is 0 Å². The van der Waals surface area contributed by atoms with Crippen molar-refractivity contribution in [3.63, 3.8) is 0 Å². The van der Waals surface area contributed by atoms with Gasteiger partial charge >= 0.3 is 0 Å². The summed E-state index contributed by atoms with van der Waals surface area (Å²) in [4.78, 5) is 0. The van der Waals surface area contributed by atoms with Crippen LogP contribution < -0.4 is 5.73 Å². The molecule has 0 spiro atoms. The summed E-state index contributed by atoms with van der Waals surface area (Å²) >= 11 is 5.36. The standard InChI is InChI=1S/C10H13ClFNO2/c1-5-2-6(7(12)3-8(5)13)10(15)9(14)4-11/h2-3,9-10,14-15H,4,13H2,1H3. The molecule has 5 heteroatoms. The van der Waals surface area contributed by atoms with Gasteiger partial charge in [-0.15, -0.1) is 11.6 Å². The number of hydrogen-bond donors (Lipinski definition) is 3. The number of hydrogen-bond acceptors (Lipinski definition) is 3. The molecule has 0 aliphatic carbocycles. The fraction of sp³-hybridized carbons (Fsp3) is 0.400. The second-order valence-corrected chi connectivity index (χ2v) is 3.71. The second kappa shape index (κ2) is 4.79. The van der Waals surface area contributed by atoms with Crippen LogP contribution in [0.5, 0.6) is 0 Å². The van der Waals surface area contributed by atoms with E-state index in [1.807, 2.05) is 0 Å². The molecule has 0 fully saturated rings. The zero-order valence-corrected chi connectivity index (χ0v) is 9.00. The maximum absolute atomic E-state index is 13.4. The van der Waals surface area contributed by atoms with Crippen molar-refractivity contribution in [1.29, 1.82) is 0 Å². The van der Waals surface area contributed by atoms with Gasteiger partial charge in [0, 0.05) is 11.3 Å². The maximum atomic E-state index is 13.4. The molecule has 0 heterocycles. The molecular formula is C10H13ClFNO2. The zero-order valence-electron chi connectivity index (χ0n) is 8.24. The highest BCUT2D eigenvalue weighted by molar-refractivity contribution is 6.18. The van der Waals surface area contributed by atoms with Gasteiger partial charge in [-0.05, 0) is 24.6 Å². The molecule has 0 bridgehead atoms. The van der Waals surface area contributed by atoms with Crippen molar-refractivity contribution in [3.05, 3.63) is 29.1 Å². The van der Waals surface area contributed by atoms with Crippen LogP contribution in [0.4, 0.5) is 10.1 Å². The van der Waals surface area contributed by atoms with E-state index in [0.29, 0.717) is 11.3 Å². The summed E-state index contributed by atoms with van der Waals surface area (Å²) in [5, 5.41) is 18.9. The average molecular weight is 234 g/mol. The summed E-state index contributed by atoms with van der Waals surface area (Å²) in [5.74, 6) is -0.806. The summed E-state index contributed by atoms with van der Waals surface area (Å²) in [6.07, 6.45) is -2.52. The van der Waals surface area contributed by atoms with Crippen molar-refractivity contribution in [3.8, 4) is 0 Å². The maximum Gasteiger partial charge on any atom is 0.131 e. The molecule has 2 atom stereocenters. The highest BCUT2D eigenvalue weighted by atomic mass is 35.5. The van der Waals surface area contributed by atoms with E-state index in [2.05, 4.69) is 0 Å². The summed E-state index contributed by atoms with van der Waals surface area (Å²) < 4.78 is 13.4. The van der Waals surface area contributed by atoms with Gasteiger partial charge in [-0.25, -0.2) is 4.39 Å². The highest BCUT2D eigenvalue weighted by Gasteiger charge is 2.21. The van der Waals surface area contributed by atoms with E-state index in [0.717, 1.165) is 6.07 Å². The van der Waals surface area contributed by atoms with Crippen molar-refractivity contribution in [1.82, 2.24) is 0 Å². The minimum absolute atomic E-state index is 0.00912. The van der Waals surface area contributed by atoms with Gasteiger partial charge in [-0.3, -0.25) is 0 Å². The summed E-state index contributed by atoms with van der Waals surface area (Å²) in [6.45, 7) is 1.69. The Labute approximate surface area is 92.3 Å². The normalized spacial score (nSPS) is 15.0. The Morgan fingerprint density at radius 2 is 2.07 bits per heavy atom. The first-order valence-electron chi connectivity index (χ1n) is 4.45. The van der Waals surface area contributed by atoms with Crippen LogP contribution in [0.25, 0.3) is 0 Å². The molecule has 0 aromatic heterocycles. The SMILES string of the molecule is Cc1cc(C(O)C(O)CCl)c(F)cc1N. The fourth-order valence-electron chi connectivity index (χ4n) is 1.24. The molecule has 1 rings (SSSR count). The van der Waals surface area contributed by atoms with Crippen molar-refractivity contribution in [2.75, 3.05) is 11.6 Å². The first-order chi connectivity index (χ1) is 6.97. The lowest BCUT2D eigenvalue weighted by atomic mass is 10.0. The van der Waals surface area contributed by atoms with E-state index in [-0.39, 0.29) is 11.4 Å². The average Bonchev–Trinajstić information content (AvgIpc) is 2.21. The fourth-order valence-corrected chi connectivity index (χ4v) is 1.41. The predicted octanol–water partition coefficient (Wildman–Crippen LogP) is 1.35. The van der Waals surface area contributed by atoms with Crippen LogP contribution in [0.1, 0.15) is 17.2 Å². The highest BCUT2D eigenvalue weighted by Crippen LogP contribution is 2.25. The molecule has 0 saturated carbocycles. The Hall–Kier alpha value is -0.840. The van der Waals surface area contributed by atoms with E-state index in [1.54, 1.807) is 6.92 Å². The Balaban J connectivity index is 3.09. The molecule has 0 aliphatic rings. The summed E-state index contributed by atoms with van der Waals surface area (Å²) in [7, 11) is 0. The molecule has 84 valence electrons. The molecule has 3 nitrogen and oxygen atoms in total. The van der Waals surface area contributed by atoms with Crippen LogP contribution in [-0.4, -0.2) is 22.2 Å². The van der Waals surface area contributed by atoms with Crippen molar-refractivity contribution in [2.45, 2.75) is 19.1 Å². The first-order valence-corrected chi connectivity index (χ1v) is 4.98. The molecule has 0 aliphatic heterocycles. The number of benzene rings is 1. The number of aliphatic hydroxyl groups is 2. The second-order valence-electron chi connectivity index (χ2n) is 3.40. The smallest absolute Gasteiger partial charge is 0.131 e. The van der Waals surface area contributed by atoms with Crippen LogP contribution in [-0.2, 0) is 0 Å². The lowest BCUT2D eigenvalue weighted by Crippen LogP contribution is -2.21. The first kappa shape index (κ1) is 12.2. The van der Waals surface area contributed by atoms with Crippen LogP contribution in [0.15, 0.2) is 12.1 Å². The van der Waals surface area contributed by atoms with Crippen LogP contribution in [0, 0.1) is 12.7 Å². The minimum Gasteiger partial charge on any atom is -0.398 e. The van der Waals surface area contributed by atoms with Gasteiger partial charge < -0.3 is 15.9 Å². The number of anilines is 1. The third kappa shape index (κ3) is 2.59. The Kier molecular flexibility index (Phi) is 3.90. The van der Waals surface area contributed by atoms with Gasteiger partial charge in [0.1, 0.15) is 11.9 Å². The molecule has 4 N–H and O–H groups in total. The topological polar surface area (TPSA) is 66.5 Å². The predicted molar refractivity (Wildman–Crippen MR) is 57.2 cm³/mol. The largest absolute Gasteiger partial charge is 0.398 e. The Morgan fingerprint density at radius 1 is 1.47 bits per heavy atom.